The lowest BCUT2D eigenvalue weighted by Gasteiger charge is -2.30. The number of carboxylic acid groups (broad SMARTS) is 4. The number of nitrogens with one attached hydrogen (secondary N) is 5. The minimum atomic E-state index is -5.08. The van der Waals surface area contributed by atoms with Crippen molar-refractivity contribution in [3.63, 3.8) is 0 Å². The largest absolute Gasteiger partial charge is 0.490 e. The Morgan fingerprint density at radius 2 is 0.883 bits per heavy atom. The summed E-state index contributed by atoms with van der Waals surface area (Å²) < 4.78 is 115. The first-order chi connectivity index (χ1) is 48.1. The van der Waals surface area contributed by atoms with E-state index in [0.717, 1.165) is 16.7 Å². The van der Waals surface area contributed by atoms with Crippen LogP contribution >= 0.6 is 12.6 Å². The molecule has 0 radical (unpaired) electrons. The van der Waals surface area contributed by atoms with E-state index in [4.69, 9.17) is 61.1 Å². The monoisotopic (exact) mass is 1490 g/mol. The van der Waals surface area contributed by atoms with Crippen molar-refractivity contribution in [1.82, 2.24) is 26.6 Å². The van der Waals surface area contributed by atoms with Gasteiger partial charge >= 0.3 is 42.4 Å². The number of carboxylic acids is 4. The van der Waals surface area contributed by atoms with Crippen molar-refractivity contribution in [3.05, 3.63) is 125 Å². The van der Waals surface area contributed by atoms with Gasteiger partial charge < -0.3 is 78.4 Å². The van der Waals surface area contributed by atoms with Gasteiger partial charge in [-0.2, -0.15) is 52.1 Å². The molecule has 0 aromatic heterocycles. The quantitative estimate of drug-likeness (QED) is 0.0113. The number of rotatable bonds is 39. The average Bonchev–Trinajstić information content (AvgIpc) is 0.812. The molecule has 15 N–H and O–H groups in total. The molecule has 24 nitrogen and oxygen atoms in total. The Morgan fingerprint density at radius 1 is 0.505 bits per heavy atom. The van der Waals surface area contributed by atoms with E-state index in [1.54, 1.807) is 32.9 Å². The predicted octanol–water partition coefficient (Wildman–Crippen LogP) is 8.60. The third kappa shape index (κ3) is 39.4. The van der Waals surface area contributed by atoms with Gasteiger partial charge in [0, 0.05) is 42.4 Å². The maximum absolute atomic E-state index is 14.0. The predicted molar refractivity (Wildman–Crippen MR) is 366 cm³/mol. The maximum Gasteiger partial charge on any atom is 0.490 e. The van der Waals surface area contributed by atoms with E-state index in [9.17, 15) is 73.4 Å². The van der Waals surface area contributed by atoms with Crippen molar-refractivity contribution >= 4 is 66.0 Å². The van der Waals surface area contributed by atoms with Crippen LogP contribution < -0.4 is 58.0 Å². The van der Waals surface area contributed by atoms with Crippen LogP contribution in [0.25, 0.3) is 0 Å². The fourth-order valence-corrected chi connectivity index (χ4v) is 9.37. The van der Waals surface area contributed by atoms with E-state index in [1.165, 1.54) is 0 Å². The van der Waals surface area contributed by atoms with Gasteiger partial charge in [0.05, 0.1) is 19.8 Å². The highest BCUT2D eigenvalue weighted by molar-refractivity contribution is 7.80. The highest BCUT2D eigenvalue weighted by Gasteiger charge is 2.40. The summed E-state index contributed by atoms with van der Waals surface area (Å²) in [5.41, 5.74) is 23.4. The molecule has 4 aromatic carbocycles. The van der Waals surface area contributed by atoms with Gasteiger partial charge in [-0.15, -0.1) is 0 Å². The van der Waals surface area contributed by atoms with Crippen LogP contribution in [0.2, 0.25) is 0 Å². The number of ether oxygens (including phenoxy) is 3. The van der Waals surface area contributed by atoms with Crippen LogP contribution in [0.15, 0.2) is 103 Å². The Labute approximate surface area is 596 Å². The molecule has 0 fully saturated rings. The van der Waals surface area contributed by atoms with Crippen LogP contribution in [0.4, 0.5) is 39.5 Å². The van der Waals surface area contributed by atoms with Crippen molar-refractivity contribution < 1.29 is 117 Å². The number of thiol groups is 1. The second-order valence-electron chi connectivity index (χ2n) is 24.5. The molecule has 103 heavy (non-hydrogen) atoms. The number of carbonyl (C=O) groups excluding carboxylic acids is 5. The lowest BCUT2D eigenvalue weighted by atomic mass is 9.95. The molecule has 4 rings (SSSR count). The molecule has 0 aliphatic heterocycles. The van der Waals surface area contributed by atoms with E-state index in [2.05, 4.69) is 39.2 Å². The van der Waals surface area contributed by atoms with Gasteiger partial charge in [-0.3, -0.25) is 24.0 Å². The van der Waals surface area contributed by atoms with Gasteiger partial charge in [0.2, 0.25) is 29.4 Å². The first-order valence-corrected chi connectivity index (χ1v) is 33.4. The Balaban J connectivity index is 0.00000218. The van der Waals surface area contributed by atoms with E-state index in [-0.39, 0.29) is 74.3 Å². The minimum Gasteiger partial charge on any atom is -0.489 e. The fraction of sp³-hybridized carbons (Fsp3) is 0.522. The standard InChI is InChI=1S/C63H92N8O10S.3C2HF3O2/c1-7-43(6)57(62(76)69-51(63(77)78)34-41(2)3)71-61(75)56(42(4)5)70-60(74)52(40-82)68-55(72)26-18-11-19-30-67-59(73)47-38-53(79-31-27-48(64)35-44-20-12-8-13-21-44)58(81-33-29-50(66)37-46-24-16-10-17-25-46)54(39-47)80-32-28-49(65)36-45-22-14-9-15-23-45;3*3-2(4,5)1(6)7/h8-10,12-17,20-25,38-39,41-43,48-52,56-57,82H,7,11,18-19,26-37,40,64-66H2,1-6H3,(H,67,73)(H,68,72)(H,69,76)(H,70,74)(H,71,75)(H,77,78);3*(H,6,7)/t43-,48+,49+,50+,51-,52-,56-,57-;;;/m0.../s1. The molecule has 0 spiro atoms. The zero-order valence-corrected chi connectivity index (χ0v) is 58.8. The van der Waals surface area contributed by atoms with Crippen LogP contribution in [-0.4, -0.2) is 167 Å². The first-order valence-electron chi connectivity index (χ1n) is 32.8. The molecule has 8 atom stereocenters. The van der Waals surface area contributed by atoms with E-state index >= 15 is 0 Å². The number of amides is 5. The lowest BCUT2D eigenvalue weighted by molar-refractivity contribution is -0.193. The molecule has 34 heteroatoms. The van der Waals surface area contributed by atoms with Crippen LogP contribution in [0.1, 0.15) is 126 Å². The third-order valence-corrected chi connectivity index (χ3v) is 15.2. The van der Waals surface area contributed by atoms with Crippen molar-refractivity contribution in [2.75, 3.05) is 32.1 Å². The van der Waals surface area contributed by atoms with Gasteiger partial charge in [-0.25, -0.2) is 19.2 Å². The number of nitrogens with two attached hydrogens (primary N) is 3. The van der Waals surface area contributed by atoms with E-state index in [0.29, 0.717) is 93.6 Å². The molecule has 5 amide bonds. The molecular formula is C69H95F9N8O16S. The van der Waals surface area contributed by atoms with Crippen LogP contribution in [-0.2, 0) is 57.6 Å². The smallest absolute Gasteiger partial charge is 0.489 e. The highest BCUT2D eigenvalue weighted by atomic mass is 32.1. The number of benzene rings is 4. The molecule has 576 valence electrons. The first kappa shape index (κ1) is 92.1. The topological polar surface area (TPSA) is 400 Å². The van der Waals surface area contributed by atoms with Gasteiger partial charge in [-0.1, -0.05) is 145 Å². The zero-order chi connectivity index (χ0) is 78.2. The summed E-state index contributed by atoms with van der Waals surface area (Å²) in [5, 5.41) is 44.9. The second-order valence-corrected chi connectivity index (χ2v) is 24.8. The average molecular weight is 1500 g/mol. The molecule has 4 aromatic rings. The third-order valence-electron chi connectivity index (χ3n) is 14.8. The number of unbranched alkanes of at least 4 members (excludes halogenated alkanes) is 2. The summed E-state index contributed by atoms with van der Waals surface area (Å²) in [7, 11) is 0. The number of alkyl halides is 9. The van der Waals surface area contributed by atoms with Crippen LogP contribution in [0.5, 0.6) is 17.2 Å². The molecule has 0 bridgehead atoms. The molecule has 0 saturated heterocycles. The van der Waals surface area contributed by atoms with Crippen molar-refractivity contribution in [2.24, 2.45) is 35.0 Å². The number of carbonyl (C=O) groups is 9. The van der Waals surface area contributed by atoms with Crippen LogP contribution in [0.3, 0.4) is 0 Å². The molecule has 0 aliphatic rings. The molecule has 0 heterocycles. The van der Waals surface area contributed by atoms with Crippen LogP contribution in [0, 0.1) is 17.8 Å². The number of aliphatic carboxylic acids is 4. The normalized spacial score (nSPS) is 13.6. The van der Waals surface area contributed by atoms with Gasteiger partial charge in [0.15, 0.2) is 11.5 Å². The van der Waals surface area contributed by atoms with E-state index in [1.807, 2.05) is 112 Å². The Bertz CT molecular complexity index is 3100. The highest BCUT2D eigenvalue weighted by Crippen LogP contribution is 2.40. The SMILES string of the molecule is CC[C@H](C)[C@H](NC(=O)[C@@H](NC(=O)[C@H](CS)NC(=O)CCCCCNC(=O)c1cc(OCC[C@@H](N)Cc2ccccc2)c(OCC[C@@H](N)Cc2ccccc2)c(OCC[C@@H](N)Cc2ccccc2)c1)C(C)C)C(=O)N[C@@H](CC(C)C)C(=O)O.O=C(O)C(F)(F)F.O=C(O)C(F)(F)F.O=C(O)C(F)(F)F. The Morgan fingerprint density at radius 3 is 1.23 bits per heavy atom. The summed E-state index contributed by atoms with van der Waals surface area (Å²) in [6.45, 7) is 11.8. The summed E-state index contributed by atoms with van der Waals surface area (Å²) >= 11 is 4.32. The number of halogens is 9. The zero-order valence-electron chi connectivity index (χ0n) is 57.9. The summed E-state index contributed by atoms with van der Waals surface area (Å²) in [4.78, 5) is 106. The molecule has 0 aliphatic carbocycles. The second kappa shape index (κ2) is 47.4. The van der Waals surface area contributed by atoms with Crippen molar-refractivity contribution in [1.29, 1.82) is 0 Å². The fourth-order valence-electron chi connectivity index (χ4n) is 9.11. The summed E-state index contributed by atoms with van der Waals surface area (Å²) in [6, 6.07) is 28.4. The number of hydrogen-bond acceptors (Lipinski definition) is 16. The molecular weight excluding hydrogens is 1400 g/mol. The Kier molecular flexibility index (Phi) is 42.4. The van der Waals surface area contributed by atoms with E-state index < -0.39 is 96.1 Å². The Hall–Kier alpha value is -8.89. The lowest BCUT2D eigenvalue weighted by Crippen LogP contribution is -2.60. The minimum absolute atomic E-state index is 0.00436. The number of hydrogen-bond donors (Lipinski definition) is 13. The summed E-state index contributed by atoms with van der Waals surface area (Å²) in [5.74, 6) is -11.9. The van der Waals surface area contributed by atoms with Gasteiger partial charge in [0.25, 0.3) is 5.91 Å². The van der Waals surface area contributed by atoms with Gasteiger partial charge in [-0.05, 0) is 104 Å². The molecule has 0 unspecified atom stereocenters. The van der Waals surface area contributed by atoms with Gasteiger partial charge in [0.1, 0.15) is 24.2 Å². The van der Waals surface area contributed by atoms with Crippen molar-refractivity contribution in [2.45, 2.75) is 179 Å². The maximum atomic E-state index is 14.0. The molecule has 0 saturated carbocycles. The summed E-state index contributed by atoms with van der Waals surface area (Å²) in [6.07, 6.45) is -9.30. The van der Waals surface area contributed by atoms with Crippen molar-refractivity contribution in [3.8, 4) is 17.2 Å².